The number of nitrogens with one attached hydrogen (secondary N) is 1. The summed E-state index contributed by atoms with van der Waals surface area (Å²) in [5.41, 5.74) is 1.89. The number of rotatable bonds is 8. The predicted octanol–water partition coefficient (Wildman–Crippen LogP) is 4.38. The summed E-state index contributed by atoms with van der Waals surface area (Å²) in [7, 11) is 1.60. The summed E-state index contributed by atoms with van der Waals surface area (Å²) >= 11 is 2.20. The molecule has 24 heavy (non-hydrogen) atoms. The summed E-state index contributed by atoms with van der Waals surface area (Å²) < 4.78 is 12.0. The highest BCUT2D eigenvalue weighted by atomic mass is 127. The molecule has 0 fully saturated rings. The molecule has 6 nitrogen and oxygen atoms in total. The van der Waals surface area contributed by atoms with Gasteiger partial charge in [-0.1, -0.05) is 12.7 Å². The third kappa shape index (κ3) is 4.60. The van der Waals surface area contributed by atoms with Crippen molar-refractivity contribution < 1.29 is 14.4 Å². The zero-order valence-electron chi connectivity index (χ0n) is 13.1. The van der Waals surface area contributed by atoms with E-state index >= 15 is 0 Å². The highest BCUT2D eigenvalue weighted by molar-refractivity contribution is 14.1. The van der Waals surface area contributed by atoms with Gasteiger partial charge in [0, 0.05) is 24.4 Å². The van der Waals surface area contributed by atoms with Gasteiger partial charge in [-0.25, -0.2) is 0 Å². The Bertz CT molecular complexity index is 732. The molecule has 0 bridgehead atoms. The minimum atomic E-state index is -0.418. The van der Waals surface area contributed by atoms with Crippen LogP contribution in [-0.2, 0) is 6.54 Å². The molecule has 0 heterocycles. The average Bonchev–Trinajstić information content (AvgIpc) is 2.58. The van der Waals surface area contributed by atoms with Crippen LogP contribution in [0.25, 0.3) is 0 Å². The molecule has 0 saturated carbocycles. The van der Waals surface area contributed by atoms with E-state index < -0.39 is 4.92 Å². The van der Waals surface area contributed by atoms with Gasteiger partial charge in [-0.2, -0.15) is 0 Å². The van der Waals surface area contributed by atoms with E-state index in [1.54, 1.807) is 25.3 Å². The molecule has 1 N–H and O–H groups in total. The normalized spacial score (nSPS) is 10.1. The highest BCUT2D eigenvalue weighted by Crippen LogP contribution is 2.34. The summed E-state index contributed by atoms with van der Waals surface area (Å²) in [5.74, 6) is 1.35. The molecule has 7 heteroatoms. The SMILES string of the molecule is C=CCOc1c(I)cc(CNc2ccc([N+](=O)[O-])cc2)cc1OC. The van der Waals surface area contributed by atoms with E-state index in [4.69, 9.17) is 9.47 Å². The molecule has 2 aromatic rings. The van der Waals surface area contributed by atoms with Gasteiger partial charge in [0.15, 0.2) is 11.5 Å². The summed E-state index contributed by atoms with van der Waals surface area (Å²) in [4.78, 5) is 10.2. The third-order valence-corrected chi connectivity index (χ3v) is 4.01. The fraction of sp³-hybridized carbons (Fsp3) is 0.176. The maximum absolute atomic E-state index is 10.7. The van der Waals surface area contributed by atoms with E-state index in [-0.39, 0.29) is 5.69 Å². The molecule has 0 unspecified atom stereocenters. The molecular formula is C17H17IN2O4. The first kappa shape index (κ1) is 18.1. The second kappa shape index (κ2) is 8.53. The molecule has 0 aliphatic heterocycles. The minimum Gasteiger partial charge on any atom is -0.493 e. The lowest BCUT2D eigenvalue weighted by molar-refractivity contribution is -0.384. The molecular weight excluding hydrogens is 423 g/mol. The number of nitrogens with zero attached hydrogens (tertiary/aromatic N) is 1. The van der Waals surface area contributed by atoms with E-state index in [0.29, 0.717) is 24.7 Å². The zero-order chi connectivity index (χ0) is 17.5. The van der Waals surface area contributed by atoms with Crippen molar-refractivity contribution in [3.05, 3.63) is 68.3 Å². The standard InChI is InChI=1S/C17H17IN2O4/c1-3-8-24-17-15(18)9-12(10-16(17)23-2)11-19-13-4-6-14(7-5-13)20(21)22/h3-7,9-10,19H,1,8,11H2,2H3. The van der Waals surface area contributed by atoms with Gasteiger partial charge < -0.3 is 14.8 Å². The van der Waals surface area contributed by atoms with E-state index in [1.165, 1.54) is 12.1 Å². The monoisotopic (exact) mass is 440 g/mol. The van der Waals surface area contributed by atoms with Crippen molar-refractivity contribution in [1.82, 2.24) is 0 Å². The number of anilines is 1. The van der Waals surface area contributed by atoms with Crippen molar-refractivity contribution in [2.75, 3.05) is 19.0 Å². The number of hydrogen-bond acceptors (Lipinski definition) is 5. The molecule has 0 saturated heterocycles. The summed E-state index contributed by atoms with van der Waals surface area (Å²) in [6.07, 6.45) is 1.68. The van der Waals surface area contributed by atoms with Crippen molar-refractivity contribution in [1.29, 1.82) is 0 Å². The van der Waals surface area contributed by atoms with Crippen LogP contribution in [0.4, 0.5) is 11.4 Å². The summed E-state index contributed by atoms with van der Waals surface area (Å²) in [5, 5.41) is 13.9. The van der Waals surface area contributed by atoms with Crippen LogP contribution in [-0.4, -0.2) is 18.6 Å². The second-order valence-corrected chi connectivity index (χ2v) is 6.03. The number of ether oxygens (including phenoxy) is 2. The Kier molecular flexibility index (Phi) is 6.42. The Morgan fingerprint density at radius 1 is 1.33 bits per heavy atom. The molecule has 0 aromatic heterocycles. The lowest BCUT2D eigenvalue weighted by Crippen LogP contribution is -2.03. The van der Waals surface area contributed by atoms with Crippen molar-refractivity contribution in [3.63, 3.8) is 0 Å². The number of non-ortho nitro benzene ring substituents is 1. The smallest absolute Gasteiger partial charge is 0.269 e. The molecule has 2 rings (SSSR count). The van der Waals surface area contributed by atoms with Crippen LogP contribution in [0.15, 0.2) is 49.1 Å². The van der Waals surface area contributed by atoms with E-state index in [0.717, 1.165) is 14.8 Å². The molecule has 126 valence electrons. The number of hydrogen-bond donors (Lipinski definition) is 1. The van der Waals surface area contributed by atoms with Crippen LogP contribution in [0.5, 0.6) is 11.5 Å². The van der Waals surface area contributed by atoms with Crippen LogP contribution >= 0.6 is 22.6 Å². The fourth-order valence-electron chi connectivity index (χ4n) is 2.06. The first-order valence-electron chi connectivity index (χ1n) is 7.13. The first-order valence-corrected chi connectivity index (χ1v) is 8.21. The number of methoxy groups -OCH3 is 1. The van der Waals surface area contributed by atoms with Gasteiger partial charge in [0.05, 0.1) is 15.6 Å². The number of halogens is 1. The Morgan fingerprint density at radius 3 is 2.62 bits per heavy atom. The van der Waals surface area contributed by atoms with Crippen LogP contribution in [0.2, 0.25) is 0 Å². The number of benzene rings is 2. The maximum Gasteiger partial charge on any atom is 0.269 e. The molecule has 0 aliphatic carbocycles. The Hall–Kier alpha value is -2.29. The lowest BCUT2D eigenvalue weighted by atomic mass is 10.2. The van der Waals surface area contributed by atoms with Crippen LogP contribution < -0.4 is 14.8 Å². The van der Waals surface area contributed by atoms with Gasteiger partial charge in [0.2, 0.25) is 0 Å². The van der Waals surface area contributed by atoms with Gasteiger partial charge in [0.25, 0.3) is 5.69 Å². The van der Waals surface area contributed by atoms with Crippen LogP contribution in [0, 0.1) is 13.7 Å². The fourth-order valence-corrected chi connectivity index (χ4v) is 2.88. The van der Waals surface area contributed by atoms with Crippen molar-refractivity contribution in [2.24, 2.45) is 0 Å². The molecule has 0 amide bonds. The van der Waals surface area contributed by atoms with Gasteiger partial charge >= 0.3 is 0 Å². The van der Waals surface area contributed by atoms with Crippen LogP contribution in [0.3, 0.4) is 0 Å². The second-order valence-electron chi connectivity index (χ2n) is 4.87. The minimum absolute atomic E-state index is 0.0699. The molecule has 0 aliphatic rings. The molecule has 0 radical (unpaired) electrons. The van der Waals surface area contributed by atoms with Crippen molar-refractivity contribution in [3.8, 4) is 11.5 Å². The average molecular weight is 440 g/mol. The van der Waals surface area contributed by atoms with E-state index in [2.05, 4.69) is 34.5 Å². The number of nitro groups is 1. The number of nitro benzene ring substituents is 1. The Balaban J connectivity index is 2.10. The van der Waals surface area contributed by atoms with Crippen molar-refractivity contribution >= 4 is 34.0 Å². The Labute approximate surface area is 153 Å². The summed E-state index contributed by atoms with van der Waals surface area (Å²) in [6.45, 7) is 4.61. The highest BCUT2D eigenvalue weighted by Gasteiger charge is 2.11. The Morgan fingerprint density at radius 2 is 2.04 bits per heavy atom. The largest absolute Gasteiger partial charge is 0.493 e. The predicted molar refractivity (Wildman–Crippen MR) is 102 cm³/mol. The third-order valence-electron chi connectivity index (χ3n) is 3.21. The first-order chi connectivity index (χ1) is 11.5. The van der Waals surface area contributed by atoms with Gasteiger partial charge in [-0.05, 0) is 52.4 Å². The maximum atomic E-state index is 10.7. The van der Waals surface area contributed by atoms with E-state index in [1.807, 2.05) is 12.1 Å². The topological polar surface area (TPSA) is 73.6 Å². The molecule has 0 atom stereocenters. The summed E-state index contributed by atoms with van der Waals surface area (Å²) in [6, 6.07) is 10.2. The van der Waals surface area contributed by atoms with Crippen molar-refractivity contribution in [2.45, 2.75) is 6.54 Å². The van der Waals surface area contributed by atoms with E-state index in [9.17, 15) is 10.1 Å². The van der Waals surface area contributed by atoms with Crippen LogP contribution in [0.1, 0.15) is 5.56 Å². The van der Waals surface area contributed by atoms with Gasteiger partial charge in [0.1, 0.15) is 6.61 Å². The quantitative estimate of drug-likeness (QED) is 0.286. The molecule has 2 aromatic carbocycles. The lowest BCUT2D eigenvalue weighted by Gasteiger charge is -2.14. The van der Waals surface area contributed by atoms with Gasteiger partial charge in [-0.3, -0.25) is 10.1 Å². The van der Waals surface area contributed by atoms with Gasteiger partial charge in [-0.15, -0.1) is 0 Å². The molecule has 0 spiro atoms. The zero-order valence-corrected chi connectivity index (χ0v) is 15.3.